The molecule has 2 aromatic rings. The highest BCUT2D eigenvalue weighted by Crippen LogP contribution is 2.23. The molecule has 1 atom stereocenters. The summed E-state index contributed by atoms with van der Waals surface area (Å²) in [7, 11) is 1.29. The molecule has 3 rings (SSSR count). The molecule has 1 fully saturated rings. The number of aliphatic imine (C=N–C) groups is 1. The number of halogens is 1. The fourth-order valence-corrected chi connectivity index (χ4v) is 2.79. The van der Waals surface area contributed by atoms with Crippen LogP contribution < -0.4 is 16.4 Å². The SMILES string of the molecule is COC(=O)C1CN(c2ncc(-c3nccc(COC(=O)N=C(N)N)c3F)cn2)CCO1. The standard InChI is InChI=1S/C18H20FN7O5/c1-29-15(27)12-8-26(4-5-30-12)17-23-6-11(7-24-17)14-13(19)10(2-3-22-14)9-31-18(28)25-16(20)21/h2-3,6-7,12H,4-5,8-9H2,1H3,(H4,20,21,25,28). The van der Waals surface area contributed by atoms with E-state index < -0.39 is 36.6 Å². The lowest BCUT2D eigenvalue weighted by Crippen LogP contribution is -2.47. The van der Waals surface area contributed by atoms with Gasteiger partial charge in [-0.15, -0.1) is 4.99 Å². The average Bonchev–Trinajstić information content (AvgIpc) is 2.77. The van der Waals surface area contributed by atoms with Gasteiger partial charge in [0.2, 0.25) is 5.95 Å². The molecule has 1 saturated heterocycles. The van der Waals surface area contributed by atoms with Crippen LogP contribution in [0.3, 0.4) is 0 Å². The third-order valence-corrected chi connectivity index (χ3v) is 4.27. The molecule has 0 aliphatic carbocycles. The molecule has 12 nitrogen and oxygen atoms in total. The molecule has 3 heterocycles. The van der Waals surface area contributed by atoms with E-state index >= 15 is 0 Å². The number of anilines is 1. The van der Waals surface area contributed by atoms with Crippen molar-refractivity contribution in [1.82, 2.24) is 15.0 Å². The molecule has 2 aromatic heterocycles. The van der Waals surface area contributed by atoms with Crippen LogP contribution in [0.2, 0.25) is 0 Å². The number of methoxy groups -OCH3 is 1. The molecular formula is C18H20FN7O5. The second-order valence-electron chi connectivity index (χ2n) is 6.32. The van der Waals surface area contributed by atoms with Crippen molar-refractivity contribution in [2.45, 2.75) is 12.7 Å². The summed E-state index contributed by atoms with van der Waals surface area (Å²) in [6.45, 7) is 0.631. The van der Waals surface area contributed by atoms with Crippen molar-refractivity contribution in [2.24, 2.45) is 16.5 Å². The summed E-state index contributed by atoms with van der Waals surface area (Å²) in [5.74, 6) is -1.29. The summed E-state index contributed by atoms with van der Waals surface area (Å²) in [6.07, 6.45) is 2.40. The number of morpholine rings is 1. The van der Waals surface area contributed by atoms with Crippen molar-refractivity contribution < 1.29 is 28.2 Å². The zero-order chi connectivity index (χ0) is 22.4. The monoisotopic (exact) mass is 433 g/mol. The lowest BCUT2D eigenvalue weighted by molar-refractivity contribution is -0.154. The second kappa shape index (κ2) is 9.75. The topological polar surface area (TPSA) is 168 Å². The zero-order valence-electron chi connectivity index (χ0n) is 16.5. The summed E-state index contributed by atoms with van der Waals surface area (Å²) in [5, 5.41) is 0. The molecule has 13 heteroatoms. The number of pyridine rings is 1. The first-order valence-electron chi connectivity index (χ1n) is 9.05. The fourth-order valence-electron chi connectivity index (χ4n) is 2.79. The minimum Gasteiger partial charge on any atom is -0.467 e. The predicted molar refractivity (Wildman–Crippen MR) is 105 cm³/mol. The summed E-state index contributed by atoms with van der Waals surface area (Å²) in [5.41, 5.74) is 10.5. The number of ether oxygens (including phenoxy) is 3. The van der Waals surface area contributed by atoms with E-state index in [9.17, 15) is 14.0 Å². The van der Waals surface area contributed by atoms with Crippen molar-refractivity contribution in [3.8, 4) is 11.3 Å². The lowest BCUT2D eigenvalue weighted by Gasteiger charge is -2.31. The number of amides is 1. The molecule has 31 heavy (non-hydrogen) atoms. The fraction of sp³-hybridized carbons (Fsp3) is 0.333. The van der Waals surface area contributed by atoms with Crippen LogP contribution in [0, 0.1) is 5.82 Å². The number of carbonyl (C=O) groups excluding carboxylic acids is 2. The van der Waals surface area contributed by atoms with Crippen molar-refractivity contribution in [3.05, 3.63) is 36.0 Å². The summed E-state index contributed by atoms with van der Waals surface area (Å²) in [6, 6.07) is 1.36. The lowest BCUT2D eigenvalue weighted by atomic mass is 10.1. The van der Waals surface area contributed by atoms with Crippen LogP contribution in [0.5, 0.6) is 0 Å². The van der Waals surface area contributed by atoms with E-state index in [-0.39, 0.29) is 17.8 Å². The molecule has 0 aromatic carbocycles. The summed E-state index contributed by atoms with van der Waals surface area (Å²) in [4.78, 5) is 40.5. The number of hydrogen-bond acceptors (Lipinski definition) is 9. The number of guanidine groups is 1. The molecule has 1 aliphatic heterocycles. The Labute approximate surface area is 176 Å². The third-order valence-electron chi connectivity index (χ3n) is 4.27. The van der Waals surface area contributed by atoms with E-state index in [1.807, 2.05) is 0 Å². The maximum absolute atomic E-state index is 14.8. The van der Waals surface area contributed by atoms with Gasteiger partial charge < -0.3 is 30.6 Å². The van der Waals surface area contributed by atoms with Crippen LogP contribution in [0.25, 0.3) is 11.3 Å². The maximum Gasteiger partial charge on any atom is 0.437 e. The van der Waals surface area contributed by atoms with Crippen LogP contribution in [0.4, 0.5) is 15.1 Å². The van der Waals surface area contributed by atoms with Crippen molar-refractivity contribution in [1.29, 1.82) is 0 Å². The van der Waals surface area contributed by atoms with Gasteiger partial charge in [0.1, 0.15) is 12.3 Å². The second-order valence-corrected chi connectivity index (χ2v) is 6.32. The number of nitrogens with zero attached hydrogens (tertiary/aromatic N) is 5. The quantitative estimate of drug-likeness (QED) is 0.369. The first kappa shape index (κ1) is 21.8. The predicted octanol–water partition coefficient (Wildman–Crippen LogP) is -0.0341. The van der Waals surface area contributed by atoms with Crippen LogP contribution in [0.1, 0.15) is 5.56 Å². The number of hydrogen-bond donors (Lipinski definition) is 2. The van der Waals surface area contributed by atoms with Gasteiger partial charge >= 0.3 is 12.1 Å². The van der Waals surface area contributed by atoms with Crippen molar-refractivity contribution >= 4 is 24.0 Å². The average molecular weight is 433 g/mol. The summed E-state index contributed by atoms with van der Waals surface area (Å²) >= 11 is 0. The summed E-state index contributed by atoms with van der Waals surface area (Å²) < 4.78 is 29.7. The molecule has 1 unspecified atom stereocenters. The van der Waals surface area contributed by atoms with E-state index in [0.717, 1.165) is 0 Å². The Kier molecular flexibility index (Phi) is 6.87. The molecular weight excluding hydrogens is 413 g/mol. The first-order chi connectivity index (χ1) is 14.9. The van der Waals surface area contributed by atoms with Gasteiger partial charge in [-0.05, 0) is 6.07 Å². The molecule has 4 N–H and O–H groups in total. The Morgan fingerprint density at radius 1 is 1.32 bits per heavy atom. The van der Waals surface area contributed by atoms with Crippen LogP contribution in [0.15, 0.2) is 29.6 Å². The van der Waals surface area contributed by atoms with Gasteiger partial charge in [-0.3, -0.25) is 4.98 Å². The van der Waals surface area contributed by atoms with Gasteiger partial charge in [0, 0.05) is 36.3 Å². The number of rotatable bonds is 5. The zero-order valence-corrected chi connectivity index (χ0v) is 16.5. The highest BCUT2D eigenvalue weighted by Gasteiger charge is 2.28. The Hall–Kier alpha value is -3.87. The molecule has 1 amide bonds. The minimum atomic E-state index is -1.04. The molecule has 1 aliphatic rings. The van der Waals surface area contributed by atoms with Crippen LogP contribution in [-0.4, -0.2) is 65.9 Å². The van der Waals surface area contributed by atoms with Gasteiger partial charge in [0.05, 0.1) is 20.3 Å². The van der Waals surface area contributed by atoms with Crippen LogP contribution >= 0.6 is 0 Å². The van der Waals surface area contributed by atoms with Gasteiger partial charge in [-0.2, -0.15) is 0 Å². The molecule has 0 bridgehead atoms. The molecule has 0 radical (unpaired) electrons. The first-order valence-corrected chi connectivity index (χ1v) is 9.05. The molecule has 164 valence electrons. The Bertz CT molecular complexity index is 982. The van der Waals surface area contributed by atoms with Gasteiger partial charge in [0.25, 0.3) is 0 Å². The van der Waals surface area contributed by atoms with Crippen LogP contribution in [-0.2, 0) is 25.6 Å². The van der Waals surface area contributed by atoms with E-state index in [2.05, 4.69) is 19.9 Å². The Balaban J connectivity index is 1.73. The Morgan fingerprint density at radius 3 is 2.74 bits per heavy atom. The molecule has 0 saturated carbocycles. The normalized spacial score (nSPS) is 15.8. The largest absolute Gasteiger partial charge is 0.467 e. The molecule has 0 spiro atoms. The van der Waals surface area contributed by atoms with Crippen molar-refractivity contribution in [2.75, 3.05) is 31.7 Å². The highest BCUT2D eigenvalue weighted by atomic mass is 19.1. The van der Waals surface area contributed by atoms with E-state index in [1.165, 1.54) is 31.8 Å². The number of carbonyl (C=O) groups is 2. The van der Waals surface area contributed by atoms with E-state index in [0.29, 0.717) is 24.7 Å². The highest BCUT2D eigenvalue weighted by molar-refractivity contribution is 5.87. The Morgan fingerprint density at radius 2 is 2.06 bits per heavy atom. The number of aromatic nitrogens is 3. The van der Waals surface area contributed by atoms with Gasteiger partial charge in [-0.1, -0.05) is 0 Å². The number of esters is 1. The van der Waals surface area contributed by atoms with Crippen molar-refractivity contribution in [3.63, 3.8) is 0 Å². The maximum atomic E-state index is 14.8. The third kappa shape index (κ3) is 5.39. The van der Waals surface area contributed by atoms with Gasteiger partial charge in [0.15, 0.2) is 17.9 Å². The number of nitrogens with two attached hydrogens (primary N) is 2. The van der Waals surface area contributed by atoms with E-state index in [1.54, 1.807) is 4.90 Å². The van der Waals surface area contributed by atoms with Gasteiger partial charge in [-0.25, -0.2) is 23.9 Å². The smallest absolute Gasteiger partial charge is 0.437 e. The minimum absolute atomic E-state index is 0.0173. The van der Waals surface area contributed by atoms with E-state index in [4.69, 9.17) is 25.7 Å².